The minimum Gasteiger partial charge on any atom is -0.507 e. The topological polar surface area (TPSA) is 88.5 Å². The number of likely N-dealkylation sites (tertiary alicyclic amines) is 1. The standard InChI is InChI=1S/C24H28N2O6/c1-25(2)12-13-26-21(16-8-11-18(31-4)19(14-16)32-5)20(23(28)24(26)29)22(27)15-6-9-17(30-3)10-7-15/h6-11,14,21,27H,12-13H2,1-5H3/b22-20+/t21-/m0/s1. The van der Waals surface area contributed by atoms with E-state index in [0.29, 0.717) is 41.5 Å². The maximum atomic E-state index is 13.1. The number of Topliss-reactive ketones (excluding diaryl/α,β-unsaturated/α-hetero) is 1. The van der Waals surface area contributed by atoms with E-state index in [1.807, 2.05) is 19.0 Å². The van der Waals surface area contributed by atoms with Gasteiger partial charge in [0.1, 0.15) is 11.5 Å². The number of likely N-dealkylation sites (N-methyl/N-ethyl adjacent to an activating group) is 1. The molecule has 1 heterocycles. The average molecular weight is 440 g/mol. The molecule has 1 amide bonds. The summed E-state index contributed by atoms with van der Waals surface area (Å²) in [7, 11) is 8.37. The van der Waals surface area contributed by atoms with Crippen molar-refractivity contribution in [2.24, 2.45) is 0 Å². The third kappa shape index (κ3) is 4.40. The monoisotopic (exact) mass is 440 g/mol. The largest absolute Gasteiger partial charge is 0.507 e. The van der Waals surface area contributed by atoms with Crippen LogP contribution in [0.3, 0.4) is 0 Å². The molecule has 0 saturated carbocycles. The second kappa shape index (κ2) is 9.74. The predicted molar refractivity (Wildman–Crippen MR) is 120 cm³/mol. The Hall–Kier alpha value is -3.52. The zero-order valence-corrected chi connectivity index (χ0v) is 18.9. The van der Waals surface area contributed by atoms with Crippen LogP contribution in [0.4, 0.5) is 0 Å². The van der Waals surface area contributed by atoms with Crippen molar-refractivity contribution in [2.45, 2.75) is 6.04 Å². The lowest BCUT2D eigenvalue weighted by atomic mass is 9.95. The van der Waals surface area contributed by atoms with Gasteiger partial charge in [0.25, 0.3) is 11.7 Å². The summed E-state index contributed by atoms with van der Waals surface area (Å²) < 4.78 is 15.9. The van der Waals surface area contributed by atoms with E-state index in [4.69, 9.17) is 14.2 Å². The fourth-order valence-corrected chi connectivity index (χ4v) is 3.69. The number of rotatable bonds is 8. The van der Waals surface area contributed by atoms with Crippen molar-refractivity contribution >= 4 is 17.4 Å². The van der Waals surface area contributed by atoms with Gasteiger partial charge >= 0.3 is 0 Å². The lowest BCUT2D eigenvalue weighted by Crippen LogP contribution is -2.35. The number of carbonyl (C=O) groups excluding carboxylic acids is 2. The molecule has 0 aromatic heterocycles. The number of ether oxygens (including phenoxy) is 3. The number of hydrogen-bond acceptors (Lipinski definition) is 7. The van der Waals surface area contributed by atoms with Crippen molar-refractivity contribution in [1.82, 2.24) is 9.80 Å². The third-order valence-corrected chi connectivity index (χ3v) is 5.41. The summed E-state index contributed by atoms with van der Waals surface area (Å²) in [6.45, 7) is 0.870. The number of nitrogens with zero attached hydrogens (tertiary/aromatic N) is 2. The minimum atomic E-state index is -0.767. The van der Waals surface area contributed by atoms with Crippen molar-refractivity contribution in [3.8, 4) is 17.2 Å². The second-order valence-corrected chi connectivity index (χ2v) is 7.64. The van der Waals surface area contributed by atoms with Crippen molar-refractivity contribution in [3.63, 3.8) is 0 Å². The number of aliphatic hydroxyl groups is 1. The molecule has 1 saturated heterocycles. The summed E-state index contributed by atoms with van der Waals surface area (Å²) in [4.78, 5) is 29.4. The van der Waals surface area contributed by atoms with Crippen molar-refractivity contribution in [2.75, 3.05) is 48.5 Å². The molecule has 0 bridgehead atoms. The molecule has 8 heteroatoms. The Morgan fingerprint density at radius 3 is 2.19 bits per heavy atom. The highest BCUT2D eigenvalue weighted by atomic mass is 16.5. The molecule has 0 aliphatic carbocycles. The van der Waals surface area contributed by atoms with E-state index in [1.165, 1.54) is 19.1 Å². The van der Waals surface area contributed by atoms with Gasteiger partial charge in [-0.3, -0.25) is 9.59 Å². The van der Waals surface area contributed by atoms with E-state index in [-0.39, 0.29) is 11.3 Å². The van der Waals surface area contributed by atoms with Crippen LogP contribution >= 0.6 is 0 Å². The molecule has 1 N–H and O–H groups in total. The average Bonchev–Trinajstić information content (AvgIpc) is 3.06. The van der Waals surface area contributed by atoms with Crippen LogP contribution < -0.4 is 14.2 Å². The first-order valence-electron chi connectivity index (χ1n) is 10.1. The minimum absolute atomic E-state index is 0.0335. The normalized spacial score (nSPS) is 17.7. The maximum Gasteiger partial charge on any atom is 0.295 e. The van der Waals surface area contributed by atoms with Gasteiger partial charge in [-0.25, -0.2) is 0 Å². The third-order valence-electron chi connectivity index (χ3n) is 5.41. The molecule has 32 heavy (non-hydrogen) atoms. The van der Waals surface area contributed by atoms with Crippen LogP contribution in [-0.2, 0) is 9.59 Å². The molecule has 1 aliphatic rings. The van der Waals surface area contributed by atoms with E-state index >= 15 is 0 Å². The molecule has 1 fully saturated rings. The first-order chi connectivity index (χ1) is 15.3. The molecule has 3 rings (SSSR count). The Balaban J connectivity index is 2.16. The predicted octanol–water partition coefficient (Wildman–Crippen LogP) is 2.70. The van der Waals surface area contributed by atoms with Crippen LogP contribution in [0.1, 0.15) is 17.2 Å². The van der Waals surface area contributed by atoms with Gasteiger partial charge in [-0.15, -0.1) is 0 Å². The highest BCUT2D eigenvalue weighted by Crippen LogP contribution is 2.41. The van der Waals surface area contributed by atoms with E-state index in [0.717, 1.165) is 0 Å². The molecule has 1 aliphatic heterocycles. The Labute approximate surface area is 187 Å². The van der Waals surface area contributed by atoms with Gasteiger partial charge in [-0.2, -0.15) is 0 Å². The first-order valence-corrected chi connectivity index (χ1v) is 10.1. The van der Waals surface area contributed by atoms with Crippen LogP contribution in [0.25, 0.3) is 5.76 Å². The molecule has 2 aromatic carbocycles. The quantitative estimate of drug-likeness (QED) is 0.384. The number of methoxy groups -OCH3 is 3. The number of benzene rings is 2. The van der Waals surface area contributed by atoms with Gasteiger partial charge in [0.15, 0.2) is 11.5 Å². The Morgan fingerprint density at radius 1 is 0.969 bits per heavy atom. The van der Waals surface area contributed by atoms with Crippen molar-refractivity contribution in [1.29, 1.82) is 0 Å². The summed E-state index contributed by atoms with van der Waals surface area (Å²) in [6, 6.07) is 11.1. The Morgan fingerprint density at radius 2 is 1.62 bits per heavy atom. The number of aliphatic hydroxyl groups excluding tert-OH is 1. The summed E-state index contributed by atoms with van der Waals surface area (Å²) in [5.74, 6) is -0.00888. The molecular weight excluding hydrogens is 412 g/mol. The lowest BCUT2D eigenvalue weighted by Gasteiger charge is -2.27. The van der Waals surface area contributed by atoms with Crippen molar-refractivity contribution < 1.29 is 28.9 Å². The highest BCUT2D eigenvalue weighted by Gasteiger charge is 2.46. The first kappa shape index (κ1) is 23.1. The molecule has 0 radical (unpaired) electrons. The van der Waals surface area contributed by atoms with Gasteiger partial charge < -0.3 is 29.1 Å². The van der Waals surface area contributed by atoms with E-state index in [2.05, 4.69) is 0 Å². The number of ketones is 1. The molecule has 0 spiro atoms. The van der Waals surface area contributed by atoms with Gasteiger partial charge in [0.05, 0.1) is 32.9 Å². The van der Waals surface area contributed by atoms with E-state index < -0.39 is 17.7 Å². The van der Waals surface area contributed by atoms with Crippen LogP contribution in [0.15, 0.2) is 48.0 Å². The summed E-state index contributed by atoms with van der Waals surface area (Å²) >= 11 is 0. The zero-order valence-electron chi connectivity index (χ0n) is 18.9. The van der Waals surface area contributed by atoms with Gasteiger partial charge in [-0.05, 0) is 56.1 Å². The fourth-order valence-electron chi connectivity index (χ4n) is 3.69. The molecule has 2 aromatic rings. The summed E-state index contributed by atoms with van der Waals surface area (Å²) in [5, 5.41) is 11.1. The van der Waals surface area contributed by atoms with Gasteiger partial charge in [0, 0.05) is 18.7 Å². The van der Waals surface area contributed by atoms with Crippen molar-refractivity contribution in [3.05, 3.63) is 59.2 Å². The Kier molecular flexibility index (Phi) is 7.05. The summed E-state index contributed by atoms with van der Waals surface area (Å²) in [6.07, 6.45) is 0. The van der Waals surface area contributed by atoms with Gasteiger partial charge in [0.2, 0.25) is 0 Å². The molecule has 8 nitrogen and oxygen atoms in total. The van der Waals surface area contributed by atoms with Crippen LogP contribution in [0.2, 0.25) is 0 Å². The molecule has 1 atom stereocenters. The zero-order chi connectivity index (χ0) is 23.4. The SMILES string of the molecule is COc1ccc(/C(O)=C2\C(=O)C(=O)N(CCN(C)C)[C@H]2c2ccc(OC)c(OC)c2)cc1. The fraction of sp³-hybridized carbons (Fsp3) is 0.333. The van der Waals surface area contributed by atoms with Crippen LogP contribution in [0.5, 0.6) is 17.2 Å². The highest BCUT2D eigenvalue weighted by molar-refractivity contribution is 6.46. The summed E-state index contributed by atoms with van der Waals surface area (Å²) in [5.41, 5.74) is 1.09. The smallest absolute Gasteiger partial charge is 0.295 e. The van der Waals surface area contributed by atoms with Crippen LogP contribution in [0, 0.1) is 0 Å². The number of amides is 1. The van der Waals surface area contributed by atoms with E-state index in [9.17, 15) is 14.7 Å². The van der Waals surface area contributed by atoms with Crippen LogP contribution in [-0.4, -0.2) is 75.1 Å². The number of carbonyl (C=O) groups is 2. The number of hydrogen-bond donors (Lipinski definition) is 1. The maximum absolute atomic E-state index is 13.1. The second-order valence-electron chi connectivity index (χ2n) is 7.64. The molecule has 170 valence electrons. The molecular formula is C24H28N2O6. The van der Waals surface area contributed by atoms with Gasteiger partial charge in [-0.1, -0.05) is 6.07 Å². The lowest BCUT2D eigenvalue weighted by molar-refractivity contribution is -0.140. The van der Waals surface area contributed by atoms with E-state index in [1.54, 1.807) is 49.6 Å². The molecule has 0 unspecified atom stereocenters. The Bertz CT molecular complexity index is 1030.